The van der Waals surface area contributed by atoms with Gasteiger partial charge in [0.15, 0.2) is 0 Å². The molecule has 0 atom stereocenters. The van der Waals surface area contributed by atoms with Crippen molar-refractivity contribution in [2.24, 2.45) is 0 Å². The molecule has 1 aromatic heterocycles. The van der Waals surface area contributed by atoms with Gasteiger partial charge in [0.25, 0.3) is 0 Å². The van der Waals surface area contributed by atoms with Crippen LogP contribution in [-0.4, -0.2) is 24.3 Å². The maximum atomic E-state index is 9.06. The van der Waals surface area contributed by atoms with Crippen LogP contribution >= 0.6 is 11.3 Å². The van der Waals surface area contributed by atoms with Crippen molar-refractivity contribution in [1.29, 1.82) is 5.26 Å². The number of nitrogens with zero attached hydrogens (tertiary/aromatic N) is 2. The van der Waals surface area contributed by atoms with Crippen molar-refractivity contribution in [2.45, 2.75) is 6.10 Å². The topological polar surface area (TPSA) is 47.3 Å². The van der Waals surface area contributed by atoms with Gasteiger partial charge in [0.05, 0.1) is 11.7 Å². The van der Waals surface area contributed by atoms with E-state index in [0.29, 0.717) is 18.7 Å². The number of β-amino-alcohol motifs (C(OH)–C–C–N with tert-alkyl or cyclic N) is 1. The van der Waals surface area contributed by atoms with E-state index in [0.717, 1.165) is 5.00 Å². The molecular formula is C8H8N2OS. The second-order valence-corrected chi connectivity index (χ2v) is 3.70. The first-order chi connectivity index (χ1) is 5.81. The van der Waals surface area contributed by atoms with Crippen molar-refractivity contribution in [3.8, 4) is 6.07 Å². The van der Waals surface area contributed by atoms with Gasteiger partial charge in [0.1, 0.15) is 11.1 Å². The van der Waals surface area contributed by atoms with Gasteiger partial charge < -0.3 is 10.0 Å². The zero-order chi connectivity index (χ0) is 8.55. The Hall–Kier alpha value is -1.05. The van der Waals surface area contributed by atoms with Crippen LogP contribution in [0.25, 0.3) is 0 Å². The van der Waals surface area contributed by atoms with E-state index in [-0.39, 0.29) is 6.10 Å². The third kappa shape index (κ3) is 1.07. The number of aliphatic hydroxyl groups excluding tert-OH is 1. The summed E-state index contributed by atoms with van der Waals surface area (Å²) in [4.78, 5) is 2.02. The summed E-state index contributed by atoms with van der Waals surface area (Å²) in [5, 5.41) is 20.7. The summed E-state index contributed by atoms with van der Waals surface area (Å²) >= 11 is 1.55. The molecule has 0 spiro atoms. The van der Waals surface area contributed by atoms with Gasteiger partial charge in [-0.25, -0.2) is 0 Å². The monoisotopic (exact) mass is 180 g/mol. The number of thiophene rings is 1. The SMILES string of the molecule is N#Cc1ccsc1N1CC(O)C1. The molecule has 3 nitrogen and oxygen atoms in total. The average molecular weight is 180 g/mol. The number of hydrogen-bond acceptors (Lipinski definition) is 4. The Bertz CT molecular complexity index is 322. The predicted octanol–water partition coefficient (Wildman–Crippen LogP) is 0.801. The molecule has 0 bridgehead atoms. The zero-order valence-electron chi connectivity index (χ0n) is 6.40. The lowest BCUT2D eigenvalue weighted by atomic mass is 10.1. The Morgan fingerprint density at radius 3 is 3.00 bits per heavy atom. The van der Waals surface area contributed by atoms with E-state index in [1.54, 1.807) is 11.3 Å². The van der Waals surface area contributed by atoms with E-state index >= 15 is 0 Å². The summed E-state index contributed by atoms with van der Waals surface area (Å²) in [6.07, 6.45) is -0.210. The van der Waals surface area contributed by atoms with E-state index in [1.807, 2.05) is 16.3 Å². The van der Waals surface area contributed by atoms with Crippen LogP contribution in [0.2, 0.25) is 0 Å². The molecular weight excluding hydrogens is 172 g/mol. The molecule has 1 aliphatic rings. The molecule has 1 saturated heterocycles. The smallest absolute Gasteiger partial charge is 0.109 e. The van der Waals surface area contributed by atoms with Crippen LogP contribution in [0, 0.1) is 11.3 Å². The van der Waals surface area contributed by atoms with Crippen molar-refractivity contribution in [3.63, 3.8) is 0 Å². The predicted molar refractivity (Wildman–Crippen MR) is 47.3 cm³/mol. The van der Waals surface area contributed by atoms with Crippen LogP contribution in [0.1, 0.15) is 5.56 Å². The standard InChI is InChI=1S/C8H8N2OS/c9-3-6-1-2-12-8(6)10-4-7(11)5-10/h1-2,7,11H,4-5H2. The second kappa shape index (κ2) is 2.77. The van der Waals surface area contributed by atoms with Gasteiger partial charge in [0.2, 0.25) is 0 Å². The molecule has 2 heterocycles. The molecule has 0 saturated carbocycles. The Kier molecular flexibility index (Phi) is 1.75. The lowest BCUT2D eigenvalue weighted by molar-refractivity contribution is 0.142. The minimum Gasteiger partial charge on any atom is -0.389 e. The normalized spacial score (nSPS) is 17.2. The molecule has 0 aromatic carbocycles. The number of anilines is 1. The van der Waals surface area contributed by atoms with Crippen molar-refractivity contribution in [1.82, 2.24) is 0 Å². The molecule has 1 fully saturated rings. The van der Waals surface area contributed by atoms with E-state index in [2.05, 4.69) is 6.07 Å². The van der Waals surface area contributed by atoms with Crippen molar-refractivity contribution in [2.75, 3.05) is 18.0 Å². The van der Waals surface area contributed by atoms with Crippen LogP contribution in [0.3, 0.4) is 0 Å². The fourth-order valence-electron chi connectivity index (χ4n) is 1.25. The number of nitriles is 1. The van der Waals surface area contributed by atoms with Crippen LogP contribution < -0.4 is 4.90 Å². The second-order valence-electron chi connectivity index (χ2n) is 2.81. The lowest BCUT2D eigenvalue weighted by Gasteiger charge is -2.36. The third-order valence-corrected chi connectivity index (χ3v) is 2.89. The van der Waals surface area contributed by atoms with Crippen molar-refractivity contribution >= 4 is 16.3 Å². The highest BCUT2D eigenvalue weighted by Crippen LogP contribution is 2.30. The Balaban J connectivity index is 2.19. The molecule has 12 heavy (non-hydrogen) atoms. The number of hydrogen-bond donors (Lipinski definition) is 1. The van der Waals surface area contributed by atoms with Crippen molar-refractivity contribution in [3.05, 3.63) is 17.0 Å². The summed E-state index contributed by atoms with van der Waals surface area (Å²) in [5.41, 5.74) is 0.715. The largest absolute Gasteiger partial charge is 0.389 e. The van der Waals surface area contributed by atoms with E-state index in [4.69, 9.17) is 10.4 Å². The van der Waals surface area contributed by atoms with E-state index < -0.39 is 0 Å². The summed E-state index contributed by atoms with van der Waals surface area (Å²) < 4.78 is 0. The first-order valence-electron chi connectivity index (χ1n) is 3.72. The minimum atomic E-state index is -0.210. The summed E-state index contributed by atoms with van der Waals surface area (Å²) in [7, 11) is 0. The number of rotatable bonds is 1. The van der Waals surface area contributed by atoms with E-state index in [9.17, 15) is 0 Å². The minimum absolute atomic E-state index is 0.210. The third-order valence-electron chi connectivity index (χ3n) is 1.91. The van der Waals surface area contributed by atoms with Crippen LogP contribution in [0.5, 0.6) is 0 Å². The van der Waals surface area contributed by atoms with E-state index in [1.165, 1.54) is 0 Å². The van der Waals surface area contributed by atoms with Gasteiger partial charge in [-0.1, -0.05) is 0 Å². The van der Waals surface area contributed by atoms with Gasteiger partial charge in [-0.2, -0.15) is 5.26 Å². The molecule has 1 N–H and O–H groups in total. The van der Waals surface area contributed by atoms with Gasteiger partial charge in [-0.3, -0.25) is 0 Å². The van der Waals surface area contributed by atoms with Gasteiger partial charge in [0, 0.05) is 13.1 Å². The molecule has 62 valence electrons. The molecule has 0 unspecified atom stereocenters. The molecule has 0 radical (unpaired) electrons. The summed E-state index contributed by atoms with van der Waals surface area (Å²) in [5.74, 6) is 0. The first kappa shape index (κ1) is 7.59. The Morgan fingerprint density at radius 2 is 2.42 bits per heavy atom. The lowest BCUT2D eigenvalue weighted by Crippen LogP contribution is -2.50. The highest BCUT2D eigenvalue weighted by atomic mass is 32.1. The number of aliphatic hydroxyl groups is 1. The molecule has 1 aliphatic heterocycles. The molecule has 0 amide bonds. The van der Waals surface area contributed by atoms with Gasteiger partial charge in [-0.15, -0.1) is 11.3 Å². The maximum Gasteiger partial charge on any atom is 0.109 e. The van der Waals surface area contributed by atoms with Crippen LogP contribution in [0.4, 0.5) is 5.00 Å². The Morgan fingerprint density at radius 1 is 1.67 bits per heavy atom. The summed E-state index contributed by atoms with van der Waals surface area (Å²) in [6, 6.07) is 3.94. The quantitative estimate of drug-likeness (QED) is 0.695. The first-order valence-corrected chi connectivity index (χ1v) is 4.60. The van der Waals surface area contributed by atoms with Gasteiger partial charge in [-0.05, 0) is 11.4 Å². The van der Waals surface area contributed by atoms with Gasteiger partial charge >= 0.3 is 0 Å². The average Bonchev–Trinajstić information content (AvgIpc) is 2.45. The van der Waals surface area contributed by atoms with Crippen molar-refractivity contribution < 1.29 is 5.11 Å². The molecule has 1 aromatic rings. The van der Waals surface area contributed by atoms with Crippen LogP contribution in [-0.2, 0) is 0 Å². The Labute approximate surface area is 74.5 Å². The zero-order valence-corrected chi connectivity index (χ0v) is 7.21. The fraction of sp³-hybridized carbons (Fsp3) is 0.375. The molecule has 4 heteroatoms. The fourth-order valence-corrected chi connectivity index (χ4v) is 2.12. The highest BCUT2D eigenvalue weighted by Gasteiger charge is 2.26. The van der Waals surface area contributed by atoms with Crippen LogP contribution in [0.15, 0.2) is 11.4 Å². The summed E-state index contributed by atoms with van der Waals surface area (Å²) in [6.45, 7) is 1.32. The molecule has 2 rings (SSSR count). The molecule has 0 aliphatic carbocycles. The maximum absolute atomic E-state index is 9.06. The highest BCUT2D eigenvalue weighted by molar-refractivity contribution is 7.14.